The van der Waals surface area contributed by atoms with Gasteiger partial charge in [0.05, 0.1) is 12.1 Å². The largest absolute Gasteiger partial charge is 0.481 e. The van der Waals surface area contributed by atoms with Gasteiger partial charge in [0.1, 0.15) is 5.69 Å². The summed E-state index contributed by atoms with van der Waals surface area (Å²) in [6.07, 6.45) is -0.0803. The topological polar surface area (TPSA) is 84.2 Å². The molecule has 18 heavy (non-hydrogen) atoms. The molecule has 1 amide bonds. The van der Waals surface area contributed by atoms with Crippen molar-refractivity contribution in [3.8, 4) is 0 Å². The first-order valence-electron chi connectivity index (χ1n) is 6.03. The second-order valence-electron chi connectivity index (χ2n) is 4.32. The first-order valence-corrected chi connectivity index (χ1v) is 6.03. The Morgan fingerprint density at radius 2 is 2.17 bits per heavy atom. The average Bonchev–Trinajstić information content (AvgIpc) is 2.72. The number of carbonyl (C=O) groups excluding carboxylic acids is 1. The number of hydrogen-bond acceptors (Lipinski definition) is 3. The van der Waals surface area contributed by atoms with E-state index in [-0.39, 0.29) is 24.8 Å². The molecule has 0 saturated heterocycles. The Bertz CT molecular complexity index is 438. The smallest absolute Gasteiger partial charge is 0.305 e. The van der Waals surface area contributed by atoms with Crippen LogP contribution in [-0.4, -0.2) is 33.3 Å². The van der Waals surface area contributed by atoms with Crippen LogP contribution in [0.25, 0.3) is 0 Å². The van der Waals surface area contributed by atoms with Crippen molar-refractivity contribution in [3.63, 3.8) is 0 Å². The van der Waals surface area contributed by atoms with Crippen LogP contribution in [-0.2, 0) is 11.3 Å². The van der Waals surface area contributed by atoms with Crippen molar-refractivity contribution in [2.24, 2.45) is 0 Å². The van der Waals surface area contributed by atoms with Gasteiger partial charge in [0, 0.05) is 13.1 Å². The van der Waals surface area contributed by atoms with Crippen LogP contribution in [0, 0.1) is 0 Å². The Morgan fingerprint density at radius 3 is 2.67 bits per heavy atom. The molecule has 2 N–H and O–H groups in total. The molecule has 0 saturated carbocycles. The quantitative estimate of drug-likeness (QED) is 0.798. The number of carboxylic acid groups (broad SMARTS) is 1. The van der Waals surface area contributed by atoms with Gasteiger partial charge in [0.15, 0.2) is 0 Å². The fourth-order valence-corrected chi connectivity index (χ4v) is 1.52. The van der Waals surface area contributed by atoms with Gasteiger partial charge in [-0.15, -0.1) is 0 Å². The Labute approximate surface area is 106 Å². The summed E-state index contributed by atoms with van der Waals surface area (Å²) in [5.74, 6) is -0.956. The highest BCUT2D eigenvalue weighted by Crippen LogP contribution is 2.14. The zero-order valence-corrected chi connectivity index (χ0v) is 10.9. The summed E-state index contributed by atoms with van der Waals surface area (Å²) >= 11 is 0. The van der Waals surface area contributed by atoms with E-state index in [1.54, 1.807) is 10.7 Å². The van der Waals surface area contributed by atoms with Crippen molar-refractivity contribution in [3.05, 3.63) is 17.5 Å². The minimum Gasteiger partial charge on any atom is -0.481 e. The summed E-state index contributed by atoms with van der Waals surface area (Å²) in [5.41, 5.74) is 1.34. The molecule has 0 radical (unpaired) electrons. The molecule has 0 fully saturated rings. The molecule has 1 heterocycles. The summed E-state index contributed by atoms with van der Waals surface area (Å²) in [6, 6.07) is 1.75. The molecule has 1 aromatic heterocycles. The van der Waals surface area contributed by atoms with Crippen molar-refractivity contribution in [1.29, 1.82) is 0 Å². The summed E-state index contributed by atoms with van der Waals surface area (Å²) in [5, 5.41) is 15.4. The lowest BCUT2D eigenvalue weighted by Gasteiger charge is -2.04. The van der Waals surface area contributed by atoms with E-state index in [9.17, 15) is 9.59 Å². The maximum atomic E-state index is 11.9. The van der Waals surface area contributed by atoms with Gasteiger partial charge in [-0.2, -0.15) is 5.10 Å². The molecule has 1 rings (SSSR count). The van der Waals surface area contributed by atoms with E-state index in [4.69, 9.17) is 5.11 Å². The van der Waals surface area contributed by atoms with E-state index in [1.165, 1.54) is 0 Å². The average molecular weight is 253 g/mol. The Hall–Kier alpha value is -1.85. The van der Waals surface area contributed by atoms with Gasteiger partial charge in [-0.3, -0.25) is 14.3 Å². The zero-order valence-electron chi connectivity index (χ0n) is 10.9. The summed E-state index contributed by atoms with van der Waals surface area (Å²) in [7, 11) is 0. The molecular formula is C12H19N3O3. The number of aliphatic carboxylic acids is 1. The molecule has 6 nitrogen and oxygen atoms in total. The van der Waals surface area contributed by atoms with Gasteiger partial charge >= 0.3 is 5.97 Å². The van der Waals surface area contributed by atoms with Crippen LogP contribution in [0.5, 0.6) is 0 Å². The molecular weight excluding hydrogens is 234 g/mol. The third kappa shape index (κ3) is 3.58. The standard InChI is InChI=1S/C12H19N3O3/c1-4-15-10(7-9(14-15)8(2)3)12(18)13-6-5-11(16)17/h7-8H,4-6H2,1-3H3,(H,13,18)(H,16,17). The van der Waals surface area contributed by atoms with Gasteiger partial charge in [-0.25, -0.2) is 0 Å². The van der Waals surface area contributed by atoms with Crippen LogP contribution in [0.3, 0.4) is 0 Å². The Balaban J connectivity index is 2.74. The van der Waals surface area contributed by atoms with Crippen molar-refractivity contribution < 1.29 is 14.7 Å². The first kappa shape index (κ1) is 14.2. The normalized spacial score (nSPS) is 10.7. The predicted octanol–water partition coefficient (Wildman–Crippen LogP) is 1.23. The van der Waals surface area contributed by atoms with E-state index in [0.717, 1.165) is 5.69 Å². The van der Waals surface area contributed by atoms with Crippen molar-refractivity contribution in [1.82, 2.24) is 15.1 Å². The van der Waals surface area contributed by atoms with E-state index in [2.05, 4.69) is 10.4 Å². The second kappa shape index (κ2) is 6.18. The third-order valence-corrected chi connectivity index (χ3v) is 2.55. The Morgan fingerprint density at radius 1 is 1.50 bits per heavy atom. The number of carboxylic acids is 1. The molecule has 0 aliphatic rings. The SMILES string of the molecule is CCn1nc(C(C)C)cc1C(=O)NCCC(=O)O. The molecule has 0 aliphatic carbocycles. The van der Waals surface area contributed by atoms with Gasteiger partial charge in [0.2, 0.25) is 0 Å². The zero-order chi connectivity index (χ0) is 13.7. The number of hydrogen-bond donors (Lipinski definition) is 2. The van der Waals surface area contributed by atoms with Crippen LogP contribution in [0.1, 0.15) is 49.3 Å². The lowest BCUT2D eigenvalue weighted by atomic mass is 10.1. The molecule has 6 heteroatoms. The van der Waals surface area contributed by atoms with Crippen molar-refractivity contribution >= 4 is 11.9 Å². The summed E-state index contributed by atoms with van der Waals surface area (Å²) < 4.78 is 1.63. The molecule has 0 unspecified atom stereocenters. The summed E-state index contributed by atoms with van der Waals surface area (Å²) in [6.45, 7) is 6.66. The predicted molar refractivity (Wildman–Crippen MR) is 66.6 cm³/mol. The highest BCUT2D eigenvalue weighted by atomic mass is 16.4. The molecule has 100 valence electrons. The van der Waals surface area contributed by atoms with Gasteiger partial charge in [-0.05, 0) is 18.9 Å². The molecule has 1 aromatic rings. The fourth-order valence-electron chi connectivity index (χ4n) is 1.52. The van der Waals surface area contributed by atoms with E-state index >= 15 is 0 Å². The molecule has 0 spiro atoms. The van der Waals surface area contributed by atoms with Gasteiger partial charge < -0.3 is 10.4 Å². The fraction of sp³-hybridized carbons (Fsp3) is 0.583. The number of carbonyl (C=O) groups is 2. The first-order chi connectivity index (χ1) is 8.45. The third-order valence-electron chi connectivity index (χ3n) is 2.55. The van der Waals surface area contributed by atoms with E-state index < -0.39 is 5.97 Å². The number of nitrogens with one attached hydrogen (secondary N) is 1. The molecule has 0 bridgehead atoms. The van der Waals surface area contributed by atoms with Crippen LogP contribution < -0.4 is 5.32 Å². The van der Waals surface area contributed by atoms with Crippen LogP contribution in [0.2, 0.25) is 0 Å². The van der Waals surface area contributed by atoms with E-state index in [0.29, 0.717) is 12.2 Å². The lowest BCUT2D eigenvalue weighted by molar-refractivity contribution is -0.136. The molecule has 0 aliphatic heterocycles. The van der Waals surface area contributed by atoms with E-state index in [1.807, 2.05) is 20.8 Å². The Kier molecular flexibility index (Phi) is 4.88. The van der Waals surface area contributed by atoms with Crippen molar-refractivity contribution in [2.75, 3.05) is 6.54 Å². The van der Waals surface area contributed by atoms with Gasteiger partial charge in [0.25, 0.3) is 5.91 Å². The van der Waals surface area contributed by atoms with Gasteiger partial charge in [-0.1, -0.05) is 13.8 Å². The highest BCUT2D eigenvalue weighted by Gasteiger charge is 2.15. The van der Waals surface area contributed by atoms with Crippen LogP contribution >= 0.6 is 0 Å². The number of aryl methyl sites for hydroxylation is 1. The van der Waals surface area contributed by atoms with Crippen LogP contribution in [0.15, 0.2) is 6.07 Å². The lowest BCUT2D eigenvalue weighted by Crippen LogP contribution is -2.28. The molecule has 0 aromatic carbocycles. The monoisotopic (exact) mass is 253 g/mol. The highest BCUT2D eigenvalue weighted by molar-refractivity contribution is 5.92. The number of nitrogens with zero attached hydrogens (tertiary/aromatic N) is 2. The minimum atomic E-state index is -0.929. The van der Waals surface area contributed by atoms with Crippen molar-refractivity contribution in [2.45, 2.75) is 39.7 Å². The maximum Gasteiger partial charge on any atom is 0.305 e. The maximum absolute atomic E-state index is 11.9. The number of amides is 1. The summed E-state index contributed by atoms with van der Waals surface area (Å²) in [4.78, 5) is 22.2. The molecule has 0 atom stereocenters. The minimum absolute atomic E-state index is 0.0803. The number of aromatic nitrogens is 2. The van der Waals surface area contributed by atoms with Crippen LogP contribution in [0.4, 0.5) is 0 Å². The number of rotatable bonds is 6. The second-order valence-corrected chi connectivity index (χ2v) is 4.32.